The summed E-state index contributed by atoms with van der Waals surface area (Å²) in [6, 6.07) is 5.57. The molecule has 0 radical (unpaired) electrons. The summed E-state index contributed by atoms with van der Waals surface area (Å²) < 4.78 is 18.6. The van der Waals surface area contributed by atoms with Crippen molar-refractivity contribution in [2.75, 3.05) is 11.9 Å². The molecule has 0 unspecified atom stereocenters. The molecule has 0 atom stereocenters. The van der Waals surface area contributed by atoms with Crippen molar-refractivity contribution in [1.29, 1.82) is 0 Å². The summed E-state index contributed by atoms with van der Waals surface area (Å²) in [5, 5.41) is 3.29. The van der Waals surface area contributed by atoms with E-state index in [-0.39, 0.29) is 34.5 Å². The SMILES string of the molecule is CC(C)N.NCC1CCC(Nc2nc3ccc(F)cc3o2)CC1.O.O.S.[HH].[HH].[HH]. The lowest BCUT2D eigenvalue weighted by Gasteiger charge is -2.27. The Bertz CT molecular complexity index is 630. The van der Waals surface area contributed by atoms with Crippen LogP contribution in [0.5, 0.6) is 0 Å². The molecule has 1 aromatic carbocycles. The highest BCUT2D eigenvalue weighted by molar-refractivity contribution is 7.59. The zero-order valence-electron chi connectivity index (χ0n) is 15.4. The second-order valence-electron chi connectivity index (χ2n) is 6.47. The second-order valence-corrected chi connectivity index (χ2v) is 6.47. The fourth-order valence-corrected chi connectivity index (χ4v) is 2.68. The number of anilines is 1. The molecule has 1 heterocycles. The average Bonchev–Trinajstić information content (AvgIpc) is 2.89. The highest BCUT2D eigenvalue weighted by Gasteiger charge is 2.21. The molecule has 1 aliphatic carbocycles. The van der Waals surface area contributed by atoms with Gasteiger partial charge < -0.3 is 32.2 Å². The smallest absolute Gasteiger partial charge is 0.295 e. The van der Waals surface area contributed by atoms with E-state index in [0.717, 1.165) is 32.2 Å². The number of aromatic nitrogens is 1. The highest BCUT2D eigenvalue weighted by Crippen LogP contribution is 2.27. The molecule has 1 fully saturated rings. The van der Waals surface area contributed by atoms with Crippen LogP contribution in [0.4, 0.5) is 10.4 Å². The van der Waals surface area contributed by atoms with E-state index in [2.05, 4.69) is 10.3 Å². The van der Waals surface area contributed by atoms with Crippen LogP contribution in [0, 0.1) is 11.7 Å². The van der Waals surface area contributed by atoms with E-state index in [1.165, 1.54) is 12.1 Å². The van der Waals surface area contributed by atoms with Crippen molar-refractivity contribution >= 4 is 30.6 Å². The van der Waals surface area contributed by atoms with E-state index >= 15 is 0 Å². The van der Waals surface area contributed by atoms with Gasteiger partial charge in [0.25, 0.3) is 6.01 Å². The van der Waals surface area contributed by atoms with Crippen molar-refractivity contribution in [2.45, 2.75) is 51.6 Å². The van der Waals surface area contributed by atoms with Crippen molar-refractivity contribution in [3.8, 4) is 0 Å². The summed E-state index contributed by atoms with van der Waals surface area (Å²) in [5.74, 6) is 0.342. The number of fused-ring (bicyclic) bond motifs is 1. The summed E-state index contributed by atoms with van der Waals surface area (Å²) in [5.41, 5.74) is 12.0. The van der Waals surface area contributed by atoms with E-state index in [1.807, 2.05) is 13.8 Å². The number of nitrogens with two attached hydrogens (primary N) is 2. The zero-order chi connectivity index (χ0) is 16.8. The lowest BCUT2D eigenvalue weighted by molar-refractivity contribution is 0.341. The first-order chi connectivity index (χ1) is 11.0. The van der Waals surface area contributed by atoms with Crippen molar-refractivity contribution in [2.24, 2.45) is 17.4 Å². The minimum Gasteiger partial charge on any atom is -0.423 e. The standard InChI is InChI=1S/C14H18FN3O.C3H9N.2H2O.H2S.3H2/c15-10-3-6-12-13(7-10)19-14(18-12)17-11-4-1-9(8-16)2-5-11;1-3(2)4;;;;;;/h3,6-7,9,11H,1-2,4-5,8,16H2,(H,17,18);3H,4H2,1-2H3;3*1H2;3*1H. The molecule has 1 aromatic heterocycles. The van der Waals surface area contributed by atoms with Crippen LogP contribution in [0.3, 0.4) is 0 Å². The van der Waals surface area contributed by atoms with E-state index in [4.69, 9.17) is 15.9 Å². The maximum Gasteiger partial charge on any atom is 0.295 e. The van der Waals surface area contributed by atoms with E-state index in [0.29, 0.717) is 35.1 Å². The Labute approximate surface area is 165 Å². The number of halogens is 1. The summed E-state index contributed by atoms with van der Waals surface area (Å²) >= 11 is 0. The summed E-state index contributed by atoms with van der Waals surface area (Å²) in [7, 11) is 0. The third-order valence-corrected chi connectivity index (χ3v) is 3.86. The van der Waals surface area contributed by atoms with E-state index in [1.54, 1.807) is 6.07 Å². The molecule has 1 saturated carbocycles. The third-order valence-electron chi connectivity index (χ3n) is 3.86. The predicted octanol–water partition coefficient (Wildman–Crippen LogP) is 2.45. The van der Waals surface area contributed by atoms with Crippen LogP contribution < -0.4 is 16.8 Å². The van der Waals surface area contributed by atoms with Crippen LogP contribution in [-0.2, 0) is 0 Å². The van der Waals surface area contributed by atoms with Gasteiger partial charge in [-0.2, -0.15) is 18.5 Å². The third kappa shape index (κ3) is 8.33. The molecule has 158 valence electrons. The lowest BCUT2D eigenvalue weighted by Crippen LogP contribution is -2.29. The Morgan fingerprint density at radius 3 is 2.38 bits per heavy atom. The molecule has 9 heteroatoms. The molecule has 1 aliphatic rings. The van der Waals surface area contributed by atoms with Gasteiger partial charge in [-0.3, -0.25) is 0 Å². The van der Waals surface area contributed by atoms with Gasteiger partial charge in [-0.05, 0) is 56.3 Å². The number of nitrogens with one attached hydrogen (secondary N) is 1. The molecule has 7 nitrogen and oxygen atoms in total. The van der Waals surface area contributed by atoms with Crippen LogP contribution in [0.2, 0.25) is 0 Å². The molecular weight excluding hydrogens is 359 g/mol. The molecule has 0 spiro atoms. The van der Waals surface area contributed by atoms with Crippen LogP contribution in [0.1, 0.15) is 43.8 Å². The Kier molecular flexibility index (Phi) is 13.3. The molecule has 9 N–H and O–H groups in total. The van der Waals surface area contributed by atoms with Gasteiger partial charge in [-0.1, -0.05) is 13.8 Å². The van der Waals surface area contributed by atoms with E-state index in [9.17, 15) is 4.39 Å². The number of oxazole rings is 1. The maximum absolute atomic E-state index is 13.1. The molecular formula is C17H39FN4O3S. The molecule has 26 heavy (non-hydrogen) atoms. The highest BCUT2D eigenvalue weighted by atomic mass is 32.1. The summed E-state index contributed by atoms with van der Waals surface area (Å²) in [4.78, 5) is 4.32. The minimum atomic E-state index is -0.307. The molecule has 0 aliphatic heterocycles. The maximum atomic E-state index is 13.1. The largest absolute Gasteiger partial charge is 0.423 e. The van der Waals surface area contributed by atoms with Gasteiger partial charge in [0.05, 0.1) is 0 Å². The van der Waals surface area contributed by atoms with Gasteiger partial charge >= 0.3 is 0 Å². The van der Waals surface area contributed by atoms with Gasteiger partial charge in [0, 0.05) is 16.4 Å². The Hall–Kier alpha value is -1.39. The van der Waals surface area contributed by atoms with Crippen LogP contribution in [0.25, 0.3) is 11.1 Å². The summed E-state index contributed by atoms with van der Waals surface area (Å²) in [6.07, 6.45) is 4.44. The van der Waals surface area contributed by atoms with Crippen molar-refractivity contribution in [3.63, 3.8) is 0 Å². The van der Waals surface area contributed by atoms with Gasteiger partial charge in [0.15, 0.2) is 5.58 Å². The first kappa shape index (κ1) is 26.8. The number of hydrogen-bond acceptors (Lipinski definition) is 5. The second kappa shape index (κ2) is 12.9. The molecule has 0 bridgehead atoms. The first-order valence-corrected chi connectivity index (χ1v) is 8.26. The van der Waals surface area contributed by atoms with Crippen LogP contribution in [-0.4, -0.2) is 34.6 Å². The molecule has 2 aromatic rings. The summed E-state index contributed by atoms with van der Waals surface area (Å²) in [6.45, 7) is 4.66. The monoisotopic (exact) mass is 398 g/mol. The van der Waals surface area contributed by atoms with Crippen molar-refractivity contribution < 1.29 is 24.0 Å². The van der Waals surface area contributed by atoms with Crippen LogP contribution in [0.15, 0.2) is 22.6 Å². The number of benzene rings is 1. The zero-order valence-corrected chi connectivity index (χ0v) is 16.4. The van der Waals surface area contributed by atoms with Crippen molar-refractivity contribution in [1.82, 2.24) is 4.98 Å². The molecule has 3 rings (SSSR count). The minimum absolute atomic E-state index is 0. The topological polar surface area (TPSA) is 153 Å². The van der Waals surface area contributed by atoms with Crippen molar-refractivity contribution in [3.05, 3.63) is 24.0 Å². The Morgan fingerprint density at radius 2 is 1.85 bits per heavy atom. The normalized spacial score (nSPS) is 18.7. The molecule has 0 saturated heterocycles. The van der Waals surface area contributed by atoms with Gasteiger partial charge in [-0.25, -0.2) is 4.39 Å². The van der Waals surface area contributed by atoms with Crippen LogP contribution >= 0.6 is 13.5 Å². The van der Waals surface area contributed by atoms with Gasteiger partial charge in [0.2, 0.25) is 0 Å². The lowest BCUT2D eigenvalue weighted by atomic mass is 9.86. The van der Waals surface area contributed by atoms with Gasteiger partial charge in [-0.15, -0.1) is 0 Å². The fourth-order valence-electron chi connectivity index (χ4n) is 2.68. The Morgan fingerprint density at radius 1 is 1.27 bits per heavy atom. The predicted molar refractivity (Wildman–Crippen MR) is 116 cm³/mol. The van der Waals surface area contributed by atoms with E-state index < -0.39 is 0 Å². The Balaban J connectivity index is -0.000000178. The number of nitrogens with zero attached hydrogens (tertiary/aromatic N) is 1. The first-order valence-electron chi connectivity index (χ1n) is 8.26. The number of hydrogen-bond donors (Lipinski definition) is 3. The number of rotatable bonds is 3. The molecule has 0 amide bonds. The average molecular weight is 399 g/mol. The van der Waals surface area contributed by atoms with Gasteiger partial charge in [0.1, 0.15) is 11.3 Å². The fraction of sp³-hybridized carbons (Fsp3) is 0.588. The quantitative estimate of drug-likeness (QED) is 0.724.